The number of rotatable bonds is 14. The van der Waals surface area contributed by atoms with Gasteiger partial charge in [-0.15, -0.1) is 0 Å². The number of unbranched alkanes of at least 4 members (excludes halogenated alkanes) is 3. The molecule has 0 bridgehead atoms. The van der Waals surface area contributed by atoms with Crippen LogP contribution in [0.15, 0.2) is 54.6 Å². The number of anilines is 1. The van der Waals surface area contributed by atoms with E-state index in [9.17, 15) is 4.79 Å². The monoisotopic (exact) mass is 527 g/mol. The first kappa shape index (κ1) is 25.7. The molecule has 0 aliphatic carbocycles. The summed E-state index contributed by atoms with van der Waals surface area (Å²) in [6, 6.07) is 16.9. The molecule has 0 heterocycles. The van der Waals surface area contributed by atoms with Gasteiger partial charge in [-0.2, -0.15) is 0 Å². The molecular formula is C28H41NOSn. The van der Waals surface area contributed by atoms with Crippen molar-refractivity contribution in [3.63, 3.8) is 0 Å². The first-order valence-corrected chi connectivity index (χ1v) is 19.7. The Morgan fingerprint density at radius 2 is 1.32 bits per heavy atom. The first-order chi connectivity index (χ1) is 15.1. The molecule has 0 spiro atoms. The van der Waals surface area contributed by atoms with Crippen LogP contribution in [-0.2, 0) is 0 Å². The fraction of sp³-hybridized carbons (Fsp3) is 0.464. The van der Waals surface area contributed by atoms with Gasteiger partial charge in [-0.25, -0.2) is 0 Å². The van der Waals surface area contributed by atoms with Crippen LogP contribution < -0.4 is 8.90 Å². The Balaban J connectivity index is 2.18. The topological polar surface area (TPSA) is 29.1 Å². The fourth-order valence-electron chi connectivity index (χ4n) is 4.37. The summed E-state index contributed by atoms with van der Waals surface area (Å²) >= 11 is -2.36. The summed E-state index contributed by atoms with van der Waals surface area (Å²) in [6.45, 7) is 6.98. The molecule has 31 heavy (non-hydrogen) atoms. The molecule has 0 aliphatic rings. The van der Waals surface area contributed by atoms with Gasteiger partial charge >= 0.3 is 188 Å². The number of hydrogen-bond donors (Lipinski definition) is 1. The second-order valence-electron chi connectivity index (χ2n) is 8.74. The zero-order chi connectivity index (χ0) is 22.5. The number of nitrogens with one attached hydrogen (secondary N) is 1. The predicted octanol–water partition coefficient (Wildman–Crippen LogP) is 7.68. The van der Waals surface area contributed by atoms with Crippen molar-refractivity contribution < 1.29 is 4.79 Å². The van der Waals surface area contributed by atoms with Crippen LogP contribution in [0, 0.1) is 0 Å². The number of hydrogen-bond acceptors (Lipinski definition) is 2. The number of ketones is 1. The van der Waals surface area contributed by atoms with Crippen molar-refractivity contribution in [2.24, 2.45) is 0 Å². The summed E-state index contributed by atoms with van der Waals surface area (Å²) in [6.07, 6.45) is 11.7. The molecular weight excluding hydrogens is 485 g/mol. The maximum absolute atomic E-state index is 12.5. The fourth-order valence-corrected chi connectivity index (χ4v) is 20.3. The molecule has 0 aromatic heterocycles. The SMILES string of the molecule is CCC[CH2][Sn]([CH2]CCC)([CH2]CCC)[c]1ccc(C=CC(=O)c2ccc(NC)cc2)cc1. The Kier molecular flexibility index (Phi) is 11.4. The molecule has 0 amide bonds. The summed E-state index contributed by atoms with van der Waals surface area (Å²) in [4.78, 5) is 12.5. The van der Waals surface area contributed by atoms with Crippen molar-refractivity contribution in [1.82, 2.24) is 0 Å². The molecule has 2 nitrogen and oxygen atoms in total. The summed E-state index contributed by atoms with van der Waals surface area (Å²) in [5, 5.41) is 3.08. The van der Waals surface area contributed by atoms with Gasteiger partial charge < -0.3 is 0 Å². The van der Waals surface area contributed by atoms with Crippen LogP contribution in [0.5, 0.6) is 0 Å². The van der Waals surface area contributed by atoms with Crippen molar-refractivity contribution in [3.8, 4) is 0 Å². The van der Waals surface area contributed by atoms with E-state index in [1.165, 1.54) is 51.8 Å². The number of carbonyl (C=O) groups excluding carboxylic acids is 1. The third-order valence-electron chi connectivity index (χ3n) is 6.43. The Bertz CT molecular complexity index is 786. The molecule has 0 fully saturated rings. The first-order valence-electron chi connectivity index (χ1n) is 12.2. The van der Waals surface area contributed by atoms with Crippen molar-refractivity contribution >= 4 is 39.5 Å². The predicted molar refractivity (Wildman–Crippen MR) is 140 cm³/mol. The molecule has 2 rings (SSSR count). The van der Waals surface area contributed by atoms with E-state index in [-0.39, 0.29) is 5.78 Å². The van der Waals surface area contributed by atoms with Crippen LogP contribution in [0.1, 0.15) is 75.2 Å². The van der Waals surface area contributed by atoms with Gasteiger partial charge in [0.05, 0.1) is 0 Å². The Morgan fingerprint density at radius 1 is 0.806 bits per heavy atom. The van der Waals surface area contributed by atoms with Crippen molar-refractivity contribution in [1.29, 1.82) is 0 Å². The van der Waals surface area contributed by atoms with Gasteiger partial charge in [0.2, 0.25) is 0 Å². The molecule has 3 heteroatoms. The minimum absolute atomic E-state index is 0.0501. The van der Waals surface area contributed by atoms with Gasteiger partial charge in [0.1, 0.15) is 0 Å². The summed E-state index contributed by atoms with van der Waals surface area (Å²) in [5.41, 5.74) is 2.85. The van der Waals surface area contributed by atoms with Crippen molar-refractivity contribution in [2.75, 3.05) is 12.4 Å². The van der Waals surface area contributed by atoms with Gasteiger partial charge in [0, 0.05) is 7.05 Å². The standard InChI is InChI=1S/C16H14NO.3C4H9.Sn/c1-17-15-10-8-14(9-11-15)16(18)12-7-13-5-3-2-4-6-13;3*1-3-4-2;/h3-12,17H,1H3;3*1,3-4H2,2H3;. The summed E-state index contributed by atoms with van der Waals surface area (Å²) < 4.78 is 6.15. The van der Waals surface area contributed by atoms with E-state index in [0.29, 0.717) is 0 Å². The number of benzene rings is 2. The van der Waals surface area contributed by atoms with Crippen molar-refractivity contribution in [3.05, 3.63) is 65.7 Å². The Hall–Kier alpha value is -1.55. The minimum atomic E-state index is -2.36. The van der Waals surface area contributed by atoms with Crippen LogP contribution in [0.3, 0.4) is 0 Å². The van der Waals surface area contributed by atoms with Gasteiger partial charge in [-0.05, 0) is 0 Å². The maximum atomic E-state index is 12.5. The third-order valence-corrected chi connectivity index (χ3v) is 22.1. The van der Waals surface area contributed by atoms with Gasteiger partial charge in [-0.1, -0.05) is 0 Å². The van der Waals surface area contributed by atoms with Gasteiger partial charge in [-0.3, -0.25) is 0 Å². The van der Waals surface area contributed by atoms with Crippen LogP contribution in [-0.4, -0.2) is 31.2 Å². The molecule has 0 atom stereocenters. The number of allylic oxidation sites excluding steroid dienone is 1. The molecule has 2 aromatic carbocycles. The normalized spacial score (nSPS) is 11.7. The molecule has 0 radical (unpaired) electrons. The van der Waals surface area contributed by atoms with E-state index < -0.39 is 18.4 Å². The third kappa shape index (κ3) is 7.82. The van der Waals surface area contributed by atoms with Crippen molar-refractivity contribution in [2.45, 2.75) is 72.6 Å². The zero-order valence-electron chi connectivity index (χ0n) is 20.0. The van der Waals surface area contributed by atoms with E-state index in [2.05, 4.69) is 50.4 Å². The second kappa shape index (κ2) is 13.8. The molecule has 1 N–H and O–H groups in total. The van der Waals surface area contributed by atoms with Gasteiger partial charge in [0.15, 0.2) is 0 Å². The Morgan fingerprint density at radius 3 is 1.77 bits per heavy atom. The van der Waals surface area contributed by atoms with E-state index in [0.717, 1.165) is 16.8 Å². The quantitative estimate of drug-likeness (QED) is 0.155. The zero-order valence-corrected chi connectivity index (χ0v) is 22.9. The summed E-state index contributed by atoms with van der Waals surface area (Å²) in [7, 11) is 1.88. The molecule has 0 saturated carbocycles. The average Bonchev–Trinajstić information content (AvgIpc) is 2.82. The van der Waals surface area contributed by atoms with Crippen LogP contribution in [0.4, 0.5) is 5.69 Å². The number of carbonyl (C=O) groups is 1. The van der Waals surface area contributed by atoms with E-state index >= 15 is 0 Å². The molecule has 168 valence electrons. The Labute approximate surface area is 194 Å². The second-order valence-corrected chi connectivity index (χ2v) is 22.0. The molecule has 0 saturated heterocycles. The van der Waals surface area contributed by atoms with Crippen LogP contribution in [0.25, 0.3) is 6.08 Å². The van der Waals surface area contributed by atoms with Gasteiger partial charge in [0.25, 0.3) is 0 Å². The average molecular weight is 526 g/mol. The van der Waals surface area contributed by atoms with Crippen LogP contribution >= 0.6 is 0 Å². The van der Waals surface area contributed by atoms with E-state index in [4.69, 9.17) is 0 Å². The van der Waals surface area contributed by atoms with Crippen LogP contribution in [0.2, 0.25) is 13.3 Å². The molecule has 0 unspecified atom stereocenters. The molecule has 2 aromatic rings. The van der Waals surface area contributed by atoms with E-state index in [1.54, 1.807) is 9.66 Å². The molecule has 0 aliphatic heterocycles. The summed E-state index contributed by atoms with van der Waals surface area (Å²) in [5.74, 6) is 0.0501. The van der Waals surface area contributed by atoms with E-state index in [1.807, 2.05) is 37.4 Å².